The molecule has 0 aliphatic heterocycles. The summed E-state index contributed by atoms with van der Waals surface area (Å²) in [5.74, 6) is -0.669. The van der Waals surface area contributed by atoms with Gasteiger partial charge in [-0.1, -0.05) is 42.5 Å². The molecule has 0 heterocycles. The first kappa shape index (κ1) is 12.2. The number of aliphatic carboxylic acids is 1. The van der Waals surface area contributed by atoms with E-state index in [9.17, 15) is 4.79 Å². The monoisotopic (exact) mass is 255 g/mol. The molecule has 1 fully saturated rings. The van der Waals surface area contributed by atoms with E-state index >= 15 is 0 Å². The van der Waals surface area contributed by atoms with Crippen molar-refractivity contribution in [3.05, 3.63) is 48.0 Å². The van der Waals surface area contributed by atoms with Crippen molar-refractivity contribution in [1.29, 1.82) is 0 Å². The summed E-state index contributed by atoms with van der Waals surface area (Å²) in [6, 6.07) is 14.5. The van der Waals surface area contributed by atoms with Gasteiger partial charge in [0, 0.05) is 13.1 Å². The van der Waals surface area contributed by atoms with Crippen LogP contribution in [0.15, 0.2) is 42.5 Å². The number of hydrogen-bond acceptors (Lipinski definition) is 2. The van der Waals surface area contributed by atoms with Crippen LogP contribution in [0.2, 0.25) is 0 Å². The van der Waals surface area contributed by atoms with Crippen LogP contribution < -0.4 is 5.32 Å². The van der Waals surface area contributed by atoms with Gasteiger partial charge in [0.05, 0.1) is 5.41 Å². The molecule has 3 rings (SSSR count). The van der Waals surface area contributed by atoms with Crippen molar-refractivity contribution in [2.45, 2.75) is 19.4 Å². The number of nitrogens with one attached hydrogen (secondary N) is 1. The minimum Gasteiger partial charge on any atom is -0.481 e. The van der Waals surface area contributed by atoms with Crippen LogP contribution in [0.1, 0.15) is 18.4 Å². The molecule has 0 radical (unpaired) electrons. The zero-order valence-corrected chi connectivity index (χ0v) is 10.7. The summed E-state index contributed by atoms with van der Waals surface area (Å²) in [6.45, 7) is 1.28. The molecule has 2 aromatic rings. The van der Waals surface area contributed by atoms with Gasteiger partial charge in [-0.15, -0.1) is 0 Å². The molecule has 0 saturated heterocycles. The fraction of sp³-hybridized carbons (Fsp3) is 0.312. The summed E-state index contributed by atoms with van der Waals surface area (Å²) in [4.78, 5) is 11.1. The predicted molar refractivity (Wildman–Crippen MR) is 75.0 cm³/mol. The molecule has 0 unspecified atom stereocenters. The highest BCUT2D eigenvalue weighted by molar-refractivity contribution is 5.85. The first-order valence-electron chi connectivity index (χ1n) is 6.62. The van der Waals surface area contributed by atoms with Crippen LogP contribution in [-0.2, 0) is 11.3 Å². The summed E-state index contributed by atoms with van der Waals surface area (Å²) in [7, 11) is 0. The molecule has 1 aliphatic rings. The van der Waals surface area contributed by atoms with Crippen LogP contribution in [-0.4, -0.2) is 17.6 Å². The van der Waals surface area contributed by atoms with Gasteiger partial charge in [0.25, 0.3) is 0 Å². The molecule has 0 bridgehead atoms. The molecule has 0 amide bonds. The minimum absolute atomic E-state index is 0.495. The Balaban J connectivity index is 1.71. The molecule has 1 aliphatic carbocycles. The van der Waals surface area contributed by atoms with Gasteiger partial charge in [-0.3, -0.25) is 4.79 Å². The molecule has 0 atom stereocenters. The Morgan fingerprint density at radius 2 is 1.89 bits per heavy atom. The van der Waals surface area contributed by atoms with Gasteiger partial charge in [0.15, 0.2) is 0 Å². The number of hydrogen-bond donors (Lipinski definition) is 2. The smallest absolute Gasteiger partial charge is 0.310 e. The Bertz CT molecular complexity index is 612. The van der Waals surface area contributed by atoms with Crippen molar-refractivity contribution < 1.29 is 9.90 Å². The van der Waals surface area contributed by atoms with Crippen molar-refractivity contribution in [2.24, 2.45) is 5.41 Å². The summed E-state index contributed by atoms with van der Waals surface area (Å²) in [6.07, 6.45) is 1.59. The Kier molecular flexibility index (Phi) is 2.99. The fourth-order valence-corrected chi connectivity index (χ4v) is 2.50. The maximum absolute atomic E-state index is 11.1. The highest BCUT2D eigenvalue weighted by Gasteiger charge is 2.49. The number of carboxylic acid groups (broad SMARTS) is 1. The van der Waals surface area contributed by atoms with Gasteiger partial charge in [-0.25, -0.2) is 0 Å². The number of fused-ring (bicyclic) bond motifs is 1. The highest BCUT2D eigenvalue weighted by Crippen LogP contribution is 2.45. The third-order valence-corrected chi connectivity index (χ3v) is 3.97. The Morgan fingerprint density at radius 3 is 2.63 bits per heavy atom. The lowest BCUT2D eigenvalue weighted by Crippen LogP contribution is -2.29. The largest absolute Gasteiger partial charge is 0.481 e. The van der Waals surface area contributed by atoms with Gasteiger partial charge >= 0.3 is 5.97 Å². The molecule has 0 aromatic heterocycles. The molecular weight excluding hydrogens is 238 g/mol. The van der Waals surface area contributed by atoms with E-state index in [2.05, 4.69) is 29.6 Å². The second-order valence-corrected chi connectivity index (χ2v) is 5.33. The average molecular weight is 255 g/mol. The first-order valence-corrected chi connectivity index (χ1v) is 6.62. The molecular formula is C16H17NO2. The molecule has 3 heteroatoms. The quantitative estimate of drug-likeness (QED) is 0.863. The lowest BCUT2D eigenvalue weighted by atomic mass is 10.0. The summed E-state index contributed by atoms with van der Waals surface area (Å²) in [5, 5.41) is 14.9. The van der Waals surface area contributed by atoms with Crippen LogP contribution in [0.3, 0.4) is 0 Å². The SMILES string of the molecule is O=C(O)C1(CNCc2cccc3ccccc23)CC1. The number of carboxylic acids is 1. The predicted octanol–water partition coefficient (Wildman–Crippen LogP) is 2.79. The van der Waals surface area contributed by atoms with E-state index in [-0.39, 0.29) is 0 Å². The van der Waals surface area contributed by atoms with Gasteiger partial charge in [0.1, 0.15) is 0 Å². The van der Waals surface area contributed by atoms with Crippen molar-refractivity contribution >= 4 is 16.7 Å². The zero-order valence-electron chi connectivity index (χ0n) is 10.7. The van der Waals surface area contributed by atoms with Crippen molar-refractivity contribution in [3.63, 3.8) is 0 Å². The topological polar surface area (TPSA) is 49.3 Å². The lowest BCUT2D eigenvalue weighted by molar-refractivity contribution is -0.143. The van der Waals surface area contributed by atoms with Crippen molar-refractivity contribution in [2.75, 3.05) is 6.54 Å². The molecule has 1 saturated carbocycles. The van der Waals surface area contributed by atoms with E-state index in [4.69, 9.17) is 5.11 Å². The van der Waals surface area contributed by atoms with Crippen LogP contribution in [0.25, 0.3) is 10.8 Å². The number of benzene rings is 2. The highest BCUT2D eigenvalue weighted by atomic mass is 16.4. The summed E-state index contributed by atoms with van der Waals surface area (Å²) < 4.78 is 0. The van der Waals surface area contributed by atoms with Gasteiger partial charge in [-0.05, 0) is 29.2 Å². The van der Waals surface area contributed by atoms with Crippen LogP contribution in [0.5, 0.6) is 0 Å². The molecule has 2 aromatic carbocycles. The molecule has 3 nitrogen and oxygen atoms in total. The maximum atomic E-state index is 11.1. The first-order chi connectivity index (χ1) is 9.21. The molecule has 98 valence electrons. The van der Waals surface area contributed by atoms with Crippen LogP contribution in [0.4, 0.5) is 0 Å². The average Bonchev–Trinajstić information content (AvgIpc) is 3.20. The number of carbonyl (C=O) groups is 1. The Hall–Kier alpha value is -1.87. The van der Waals surface area contributed by atoms with E-state index in [1.807, 2.05) is 18.2 Å². The van der Waals surface area contributed by atoms with Gasteiger partial charge < -0.3 is 10.4 Å². The van der Waals surface area contributed by atoms with Crippen molar-refractivity contribution in [3.8, 4) is 0 Å². The normalized spacial score (nSPS) is 16.4. The second-order valence-electron chi connectivity index (χ2n) is 5.33. The standard InChI is InChI=1S/C16H17NO2/c18-15(19)16(8-9-16)11-17-10-13-6-3-5-12-4-1-2-7-14(12)13/h1-7,17H,8-11H2,(H,18,19). The summed E-state index contributed by atoms with van der Waals surface area (Å²) in [5.41, 5.74) is 0.726. The van der Waals surface area contributed by atoms with E-state index in [0.717, 1.165) is 19.4 Å². The second kappa shape index (κ2) is 4.67. The molecule has 2 N–H and O–H groups in total. The molecule has 0 spiro atoms. The third kappa shape index (κ3) is 2.34. The van der Waals surface area contributed by atoms with Crippen LogP contribution >= 0.6 is 0 Å². The maximum Gasteiger partial charge on any atom is 0.310 e. The third-order valence-electron chi connectivity index (χ3n) is 3.97. The minimum atomic E-state index is -0.669. The van der Waals surface area contributed by atoms with E-state index in [0.29, 0.717) is 6.54 Å². The lowest BCUT2D eigenvalue weighted by Gasteiger charge is -2.12. The van der Waals surface area contributed by atoms with E-state index < -0.39 is 11.4 Å². The van der Waals surface area contributed by atoms with E-state index in [1.165, 1.54) is 16.3 Å². The van der Waals surface area contributed by atoms with Gasteiger partial charge in [0.2, 0.25) is 0 Å². The summed E-state index contributed by atoms with van der Waals surface area (Å²) >= 11 is 0. The zero-order chi connectivity index (χ0) is 13.3. The number of rotatable bonds is 5. The van der Waals surface area contributed by atoms with Crippen LogP contribution in [0, 0.1) is 5.41 Å². The fourth-order valence-electron chi connectivity index (χ4n) is 2.50. The molecule has 19 heavy (non-hydrogen) atoms. The Morgan fingerprint density at radius 1 is 1.16 bits per heavy atom. The van der Waals surface area contributed by atoms with Gasteiger partial charge in [-0.2, -0.15) is 0 Å². The Labute approximate surface area is 112 Å². The van der Waals surface area contributed by atoms with Crippen molar-refractivity contribution in [1.82, 2.24) is 5.32 Å². The van der Waals surface area contributed by atoms with E-state index in [1.54, 1.807) is 0 Å².